The third-order valence-electron chi connectivity index (χ3n) is 9.76. The van der Waals surface area contributed by atoms with Crippen LogP contribution < -0.4 is 20.7 Å². The van der Waals surface area contributed by atoms with Gasteiger partial charge < -0.3 is 8.85 Å². The van der Waals surface area contributed by atoms with Gasteiger partial charge in [0.05, 0.1) is 18.6 Å². The van der Waals surface area contributed by atoms with Crippen LogP contribution in [0.25, 0.3) is 0 Å². The van der Waals surface area contributed by atoms with Crippen LogP contribution in [0.15, 0.2) is 121 Å². The SMILES string of the molecule is CC(C)(C)[Si](OC[C@H]1C[C@@H](OS(C)(=O)=O)[C@@H]1CO[Si](c1ccccc1)(c1ccccc1)C(C)(C)C)(c1ccccc1)c1ccccc1.CS(=O)(=O)Cl. The van der Waals surface area contributed by atoms with Gasteiger partial charge in [0.1, 0.15) is 0 Å². The quantitative estimate of drug-likeness (QED) is 0.0943. The fourth-order valence-electron chi connectivity index (χ4n) is 7.50. The number of halogens is 1. The van der Waals surface area contributed by atoms with E-state index >= 15 is 0 Å². The van der Waals surface area contributed by atoms with E-state index in [-0.39, 0.29) is 21.9 Å². The number of hydrogen-bond acceptors (Lipinski definition) is 7. The van der Waals surface area contributed by atoms with Crippen molar-refractivity contribution in [2.75, 3.05) is 25.7 Å². The molecule has 12 heteroatoms. The Labute approximate surface area is 318 Å². The van der Waals surface area contributed by atoms with Crippen LogP contribution in [0.3, 0.4) is 0 Å². The zero-order valence-electron chi connectivity index (χ0n) is 31.5. The maximum atomic E-state index is 12.4. The van der Waals surface area contributed by atoms with Crippen molar-refractivity contribution < 1.29 is 29.9 Å². The average Bonchev–Trinajstić information content (AvgIpc) is 3.05. The summed E-state index contributed by atoms with van der Waals surface area (Å²) in [5.74, 6) is -0.0776. The first kappa shape index (κ1) is 42.1. The first-order valence-electron chi connectivity index (χ1n) is 17.5. The Hall–Kier alpha value is -2.62. The van der Waals surface area contributed by atoms with Gasteiger partial charge in [-0.05, 0) is 43.2 Å². The summed E-state index contributed by atoms with van der Waals surface area (Å²) in [6, 6.07) is 42.4. The molecule has 0 unspecified atom stereocenters. The first-order valence-corrected chi connectivity index (χ1v) is 25.8. The summed E-state index contributed by atoms with van der Waals surface area (Å²) in [7, 11) is -7.97. The lowest BCUT2D eigenvalue weighted by Crippen LogP contribution is -2.68. The Morgan fingerprint density at radius 1 is 0.577 bits per heavy atom. The van der Waals surface area contributed by atoms with Crippen LogP contribution >= 0.6 is 10.7 Å². The second-order valence-corrected chi connectivity index (χ2v) is 28.9. The maximum absolute atomic E-state index is 12.4. The molecule has 0 bridgehead atoms. The third kappa shape index (κ3) is 10.1. The largest absolute Gasteiger partial charge is 0.407 e. The molecule has 0 saturated heterocycles. The van der Waals surface area contributed by atoms with E-state index in [0.29, 0.717) is 19.6 Å². The summed E-state index contributed by atoms with van der Waals surface area (Å²) in [6.45, 7) is 14.5. The standard InChI is InChI=1S/C39H50O5SSi2.CH3ClO2S/c1-38(2,3)46(32-20-12-8-13-21-32,33-22-14-9-15-23-33)42-29-31-28-37(44-45(7,40)41)36(31)30-43-47(39(4,5)6,34-24-16-10-17-25-34)35-26-18-11-19-27-35;1-5(2,3)4/h8-27,31,36-37H,28-30H2,1-7H3;1H3/t31-,36-,37-;/m1./s1. The van der Waals surface area contributed by atoms with Crippen molar-refractivity contribution in [1.29, 1.82) is 0 Å². The Bertz CT molecular complexity index is 1850. The van der Waals surface area contributed by atoms with Gasteiger partial charge in [0.15, 0.2) is 0 Å². The molecule has 0 aliphatic heterocycles. The van der Waals surface area contributed by atoms with Crippen molar-refractivity contribution in [1.82, 2.24) is 0 Å². The predicted octanol–water partition coefficient (Wildman–Crippen LogP) is 6.31. The molecule has 0 radical (unpaired) electrons. The topological polar surface area (TPSA) is 96.0 Å². The molecular formula is C40H53ClO7S2Si2. The van der Waals surface area contributed by atoms with Crippen LogP contribution in [0.5, 0.6) is 0 Å². The lowest BCUT2D eigenvalue weighted by Gasteiger charge is -2.50. The molecule has 1 aliphatic rings. The van der Waals surface area contributed by atoms with Crippen LogP contribution in [0, 0.1) is 11.8 Å². The van der Waals surface area contributed by atoms with Crippen molar-refractivity contribution in [3.63, 3.8) is 0 Å². The summed E-state index contributed by atoms with van der Waals surface area (Å²) >= 11 is 0. The minimum Gasteiger partial charge on any atom is -0.407 e. The molecule has 4 aromatic rings. The van der Waals surface area contributed by atoms with E-state index in [1.807, 2.05) is 24.3 Å². The maximum Gasteiger partial charge on any atom is 0.264 e. The molecule has 4 aromatic carbocycles. The fourth-order valence-corrected chi connectivity index (χ4v) is 17.4. The molecule has 0 N–H and O–H groups in total. The molecule has 7 nitrogen and oxygen atoms in total. The van der Waals surface area contributed by atoms with Gasteiger partial charge in [0.25, 0.3) is 26.8 Å². The molecular weight excluding hydrogens is 748 g/mol. The minimum absolute atomic E-state index is 0.0709. The molecule has 0 amide bonds. The Kier molecular flexibility index (Phi) is 13.6. The Morgan fingerprint density at radius 3 is 1.13 bits per heavy atom. The molecule has 0 heterocycles. The highest BCUT2D eigenvalue weighted by Crippen LogP contribution is 2.44. The zero-order valence-corrected chi connectivity index (χ0v) is 35.8. The number of rotatable bonds is 12. The summed E-state index contributed by atoms with van der Waals surface area (Å²) in [5, 5.41) is 4.47. The molecule has 5 rings (SSSR count). The second kappa shape index (κ2) is 16.8. The minimum atomic E-state index is -3.66. The summed E-state index contributed by atoms with van der Waals surface area (Å²) < 4.78 is 64.0. The van der Waals surface area contributed by atoms with E-state index in [4.69, 9.17) is 13.0 Å². The van der Waals surface area contributed by atoms with Gasteiger partial charge in [-0.25, -0.2) is 8.42 Å². The number of hydrogen-bond donors (Lipinski definition) is 0. The highest BCUT2D eigenvalue weighted by atomic mass is 35.7. The predicted molar refractivity (Wildman–Crippen MR) is 219 cm³/mol. The second-order valence-electron chi connectivity index (χ2n) is 15.6. The lowest BCUT2D eigenvalue weighted by atomic mass is 9.72. The zero-order chi connectivity index (χ0) is 38.4. The highest BCUT2D eigenvalue weighted by molar-refractivity contribution is 8.13. The lowest BCUT2D eigenvalue weighted by molar-refractivity contribution is -0.0541. The van der Waals surface area contributed by atoms with Crippen molar-refractivity contribution in [3.8, 4) is 0 Å². The first-order chi connectivity index (χ1) is 24.2. The normalized spacial score (nSPS) is 18.5. The van der Waals surface area contributed by atoms with Crippen molar-refractivity contribution >= 4 is 67.2 Å². The van der Waals surface area contributed by atoms with Crippen molar-refractivity contribution in [3.05, 3.63) is 121 Å². The van der Waals surface area contributed by atoms with Crippen LogP contribution in [0.1, 0.15) is 48.0 Å². The van der Waals surface area contributed by atoms with Gasteiger partial charge in [-0.1, -0.05) is 163 Å². The van der Waals surface area contributed by atoms with Crippen LogP contribution in [0.2, 0.25) is 10.1 Å². The van der Waals surface area contributed by atoms with E-state index in [1.165, 1.54) is 20.7 Å². The molecule has 282 valence electrons. The Balaban J connectivity index is 0.00000113. The van der Waals surface area contributed by atoms with E-state index in [9.17, 15) is 16.8 Å². The van der Waals surface area contributed by atoms with Gasteiger partial charge >= 0.3 is 0 Å². The molecule has 52 heavy (non-hydrogen) atoms. The molecule has 1 saturated carbocycles. The van der Waals surface area contributed by atoms with E-state index < -0.39 is 41.9 Å². The van der Waals surface area contributed by atoms with E-state index in [1.54, 1.807) is 0 Å². The van der Waals surface area contributed by atoms with Crippen LogP contribution in [-0.2, 0) is 32.2 Å². The smallest absolute Gasteiger partial charge is 0.264 e. The third-order valence-corrected chi connectivity index (χ3v) is 20.4. The number of benzene rings is 4. The summed E-state index contributed by atoms with van der Waals surface area (Å²) in [6.07, 6.45) is 2.20. The van der Waals surface area contributed by atoms with Crippen molar-refractivity contribution in [2.24, 2.45) is 11.8 Å². The molecule has 1 fully saturated rings. The average molecular weight is 802 g/mol. The van der Waals surface area contributed by atoms with Gasteiger partial charge in [-0.3, -0.25) is 4.18 Å². The van der Waals surface area contributed by atoms with Gasteiger partial charge in [-0.15, -0.1) is 0 Å². The van der Waals surface area contributed by atoms with Gasteiger partial charge in [-0.2, -0.15) is 8.42 Å². The summed E-state index contributed by atoms with van der Waals surface area (Å²) in [4.78, 5) is 0. The molecule has 0 spiro atoms. The van der Waals surface area contributed by atoms with Gasteiger partial charge in [0.2, 0.25) is 9.05 Å². The van der Waals surface area contributed by atoms with E-state index in [0.717, 1.165) is 12.5 Å². The molecule has 3 atom stereocenters. The van der Waals surface area contributed by atoms with Crippen molar-refractivity contribution in [2.45, 2.75) is 64.1 Å². The molecule has 1 aliphatic carbocycles. The van der Waals surface area contributed by atoms with Crippen LogP contribution in [0.4, 0.5) is 0 Å². The molecule has 0 aromatic heterocycles. The fraction of sp³-hybridized carbons (Fsp3) is 0.400. The highest BCUT2D eigenvalue weighted by Gasteiger charge is 2.54. The summed E-state index contributed by atoms with van der Waals surface area (Å²) in [5.41, 5.74) is 0. The van der Waals surface area contributed by atoms with E-state index in [2.05, 4.69) is 149 Å². The van der Waals surface area contributed by atoms with Crippen LogP contribution in [-0.4, -0.2) is 65.3 Å². The Morgan fingerprint density at radius 2 is 0.865 bits per heavy atom. The monoisotopic (exact) mass is 800 g/mol. The van der Waals surface area contributed by atoms with Gasteiger partial charge in [0, 0.05) is 29.8 Å².